The number of ether oxygens (including phenoxy) is 1. The van der Waals surface area contributed by atoms with E-state index in [9.17, 15) is 0 Å². The van der Waals surface area contributed by atoms with Crippen molar-refractivity contribution in [1.82, 2.24) is 0 Å². The molecule has 54 valence electrons. The third-order valence-corrected chi connectivity index (χ3v) is 2.82. The van der Waals surface area contributed by atoms with E-state index < -0.39 is 0 Å². The molecule has 0 aromatic carbocycles. The third-order valence-electron chi connectivity index (χ3n) is 2.82. The first-order chi connectivity index (χ1) is 4.19. The minimum atomic E-state index is 0.194. The summed E-state index contributed by atoms with van der Waals surface area (Å²) >= 11 is 0. The molecule has 1 heteroatoms. The molecule has 0 aromatic rings. The van der Waals surface area contributed by atoms with Crippen LogP contribution in [0.1, 0.15) is 33.1 Å². The van der Waals surface area contributed by atoms with Gasteiger partial charge in [0.15, 0.2) is 0 Å². The summed E-state index contributed by atoms with van der Waals surface area (Å²) in [7, 11) is 1.82. The molecule has 1 aliphatic rings. The van der Waals surface area contributed by atoms with E-state index in [0.717, 1.165) is 5.92 Å². The summed E-state index contributed by atoms with van der Waals surface area (Å²) in [5.74, 6) is 0.752. The fourth-order valence-electron chi connectivity index (χ4n) is 1.61. The predicted molar refractivity (Wildman–Crippen MR) is 38.4 cm³/mol. The average molecular weight is 128 g/mol. The summed E-state index contributed by atoms with van der Waals surface area (Å²) in [5, 5.41) is 0. The van der Waals surface area contributed by atoms with Crippen LogP contribution in [-0.2, 0) is 4.74 Å². The zero-order chi connectivity index (χ0) is 6.91. The SMILES string of the molecule is CO[C@@]1(C)CCC[C@H]1C. The van der Waals surface area contributed by atoms with E-state index in [0.29, 0.717) is 0 Å². The molecule has 0 saturated heterocycles. The first-order valence-corrected chi connectivity index (χ1v) is 3.74. The lowest BCUT2D eigenvalue weighted by molar-refractivity contribution is -0.0196. The molecule has 0 unspecified atom stereocenters. The molecule has 0 aliphatic heterocycles. The molecule has 0 radical (unpaired) electrons. The Morgan fingerprint density at radius 2 is 2.22 bits per heavy atom. The zero-order valence-electron chi connectivity index (χ0n) is 6.61. The Morgan fingerprint density at radius 3 is 2.44 bits per heavy atom. The second kappa shape index (κ2) is 2.30. The summed E-state index contributed by atoms with van der Waals surface area (Å²) in [4.78, 5) is 0. The van der Waals surface area contributed by atoms with Crippen molar-refractivity contribution in [2.75, 3.05) is 7.11 Å². The van der Waals surface area contributed by atoms with Crippen LogP contribution in [0.2, 0.25) is 0 Å². The summed E-state index contributed by atoms with van der Waals surface area (Å²) in [5.41, 5.74) is 0.194. The lowest BCUT2D eigenvalue weighted by Crippen LogP contribution is -2.29. The minimum Gasteiger partial charge on any atom is -0.378 e. The molecule has 9 heavy (non-hydrogen) atoms. The van der Waals surface area contributed by atoms with Crippen molar-refractivity contribution in [3.05, 3.63) is 0 Å². The lowest BCUT2D eigenvalue weighted by Gasteiger charge is -2.27. The number of hydrogen-bond donors (Lipinski definition) is 0. The van der Waals surface area contributed by atoms with Crippen LogP contribution in [-0.4, -0.2) is 12.7 Å². The van der Waals surface area contributed by atoms with E-state index in [4.69, 9.17) is 4.74 Å². The van der Waals surface area contributed by atoms with Gasteiger partial charge in [0.25, 0.3) is 0 Å². The van der Waals surface area contributed by atoms with Crippen LogP contribution < -0.4 is 0 Å². The molecule has 2 atom stereocenters. The van der Waals surface area contributed by atoms with Gasteiger partial charge in [0.1, 0.15) is 0 Å². The van der Waals surface area contributed by atoms with Gasteiger partial charge in [0.05, 0.1) is 5.60 Å². The van der Waals surface area contributed by atoms with Gasteiger partial charge in [-0.1, -0.05) is 13.3 Å². The molecule has 1 nitrogen and oxygen atoms in total. The number of methoxy groups -OCH3 is 1. The van der Waals surface area contributed by atoms with Crippen molar-refractivity contribution < 1.29 is 4.74 Å². The van der Waals surface area contributed by atoms with Crippen LogP contribution >= 0.6 is 0 Å². The van der Waals surface area contributed by atoms with E-state index in [1.165, 1.54) is 19.3 Å². The number of rotatable bonds is 1. The van der Waals surface area contributed by atoms with Crippen LogP contribution in [0.15, 0.2) is 0 Å². The minimum absolute atomic E-state index is 0.194. The molecule has 0 heterocycles. The highest BCUT2D eigenvalue weighted by atomic mass is 16.5. The van der Waals surface area contributed by atoms with Gasteiger partial charge in [-0.3, -0.25) is 0 Å². The highest BCUT2D eigenvalue weighted by Gasteiger charge is 2.35. The molecule has 1 fully saturated rings. The Balaban J connectivity index is 2.56. The second-order valence-electron chi connectivity index (χ2n) is 3.31. The monoisotopic (exact) mass is 128 g/mol. The van der Waals surface area contributed by atoms with Gasteiger partial charge >= 0.3 is 0 Å². The maximum Gasteiger partial charge on any atom is 0.0676 e. The van der Waals surface area contributed by atoms with Gasteiger partial charge in [0, 0.05) is 7.11 Å². The second-order valence-corrected chi connectivity index (χ2v) is 3.31. The molecule has 1 rings (SSSR count). The summed E-state index contributed by atoms with van der Waals surface area (Å²) in [6.07, 6.45) is 3.92. The quantitative estimate of drug-likeness (QED) is 0.526. The molecular weight excluding hydrogens is 112 g/mol. The van der Waals surface area contributed by atoms with Crippen LogP contribution in [0.3, 0.4) is 0 Å². The van der Waals surface area contributed by atoms with Crippen molar-refractivity contribution in [2.45, 2.75) is 38.7 Å². The zero-order valence-corrected chi connectivity index (χ0v) is 6.61. The molecule has 0 spiro atoms. The van der Waals surface area contributed by atoms with Gasteiger partial charge in [0.2, 0.25) is 0 Å². The van der Waals surface area contributed by atoms with Gasteiger partial charge in [-0.25, -0.2) is 0 Å². The van der Waals surface area contributed by atoms with Crippen molar-refractivity contribution >= 4 is 0 Å². The highest BCUT2D eigenvalue weighted by molar-refractivity contribution is 4.86. The van der Waals surface area contributed by atoms with Gasteiger partial charge in [-0.05, 0) is 25.7 Å². The molecule has 0 N–H and O–H groups in total. The Labute approximate surface area is 57.4 Å². The Kier molecular flexibility index (Phi) is 1.80. The molecule has 1 saturated carbocycles. The van der Waals surface area contributed by atoms with Gasteiger partial charge < -0.3 is 4.74 Å². The highest BCUT2D eigenvalue weighted by Crippen LogP contribution is 2.37. The van der Waals surface area contributed by atoms with Crippen molar-refractivity contribution in [1.29, 1.82) is 0 Å². The molecule has 1 aliphatic carbocycles. The predicted octanol–water partition coefficient (Wildman–Crippen LogP) is 2.21. The van der Waals surface area contributed by atoms with Crippen molar-refractivity contribution in [3.8, 4) is 0 Å². The van der Waals surface area contributed by atoms with E-state index >= 15 is 0 Å². The maximum atomic E-state index is 5.41. The average Bonchev–Trinajstić information content (AvgIpc) is 2.15. The first kappa shape index (κ1) is 7.07. The van der Waals surface area contributed by atoms with E-state index in [1.807, 2.05) is 7.11 Å². The topological polar surface area (TPSA) is 9.23 Å². The van der Waals surface area contributed by atoms with Gasteiger partial charge in [-0.15, -0.1) is 0 Å². The Hall–Kier alpha value is -0.0400. The fourth-order valence-corrected chi connectivity index (χ4v) is 1.61. The van der Waals surface area contributed by atoms with Crippen molar-refractivity contribution in [3.63, 3.8) is 0 Å². The summed E-state index contributed by atoms with van der Waals surface area (Å²) in [6, 6.07) is 0. The molecular formula is C8H16O. The fraction of sp³-hybridized carbons (Fsp3) is 1.00. The van der Waals surface area contributed by atoms with Crippen LogP contribution in [0.25, 0.3) is 0 Å². The first-order valence-electron chi connectivity index (χ1n) is 3.74. The van der Waals surface area contributed by atoms with E-state index in [1.54, 1.807) is 0 Å². The smallest absolute Gasteiger partial charge is 0.0676 e. The van der Waals surface area contributed by atoms with Gasteiger partial charge in [-0.2, -0.15) is 0 Å². The summed E-state index contributed by atoms with van der Waals surface area (Å²) < 4.78 is 5.41. The maximum absolute atomic E-state index is 5.41. The van der Waals surface area contributed by atoms with Crippen LogP contribution in [0.4, 0.5) is 0 Å². The lowest BCUT2D eigenvalue weighted by atomic mass is 9.95. The molecule has 0 bridgehead atoms. The van der Waals surface area contributed by atoms with Crippen LogP contribution in [0, 0.1) is 5.92 Å². The Morgan fingerprint density at radius 1 is 1.56 bits per heavy atom. The molecule has 0 aromatic heterocycles. The standard InChI is InChI=1S/C8H16O/c1-7-5-4-6-8(7,2)9-3/h7H,4-6H2,1-3H3/t7-,8+/m1/s1. The summed E-state index contributed by atoms with van der Waals surface area (Å²) in [6.45, 7) is 4.49. The largest absolute Gasteiger partial charge is 0.378 e. The third kappa shape index (κ3) is 1.11. The number of hydrogen-bond acceptors (Lipinski definition) is 1. The Bertz CT molecular complexity index is 101. The normalized spacial score (nSPS) is 43.7. The molecule has 0 amide bonds. The van der Waals surface area contributed by atoms with E-state index in [2.05, 4.69) is 13.8 Å². The van der Waals surface area contributed by atoms with E-state index in [-0.39, 0.29) is 5.60 Å². The van der Waals surface area contributed by atoms with Crippen molar-refractivity contribution in [2.24, 2.45) is 5.92 Å². The van der Waals surface area contributed by atoms with Crippen LogP contribution in [0.5, 0.6) is 0 Å².